The van der Waals surface area contributed by atoms with E-state index in [1.54, 1.807) is 0 Å². The minimum atomic E-state index is -0.274. The van der Waals surface area contributed by atoms with Crippen LogP contribution in [0.15, 0.2) is 24.3 Å². The zero-order chi connectivity index (χ0) is 16.7. The van der Waals surface area contributed by atoms with Gasteiger partial charge in [0.2, 0.25) is 11.8 Å². The van der Waals surface area contributed by atoms with Crippen LogP contribution in [0.5, 0.6) is 0 Å². The van der Waals surface area contributed by atoms with Gasteiger partial charge in [-0.2, -0.15) is 0 Å². The van der Waals surface area contributed by atoms with Gasteiger partial charge in [-0.3, -0.25) is 9.59 Å². The van der Waals surface area contributed by atoms with Gasteiger partial charge < -0.3 is 15.5 Å². The van der Waals surface area contributed by atoms with Gasteiger partial charge in [0.1, 0.15) is 6.42 Å². The highest BCUT2D eigenvalue weighted by atomic mass is 16.2. The molecule has 2 amide bonds. The van der Waals surface area contributed by atoms with Crippen LogP contribution in [-0.4, -0.2) is 43.4 Å². The van der Waals surface area contributed by atoms with Crippen LogP contribution in [0.2, 0.25) is 0 Å². The molecule has 0 radical (unpaired) electrons. The molecule has 126 valence electrons. The lowest BCUT2D eigenvalue weighted by Crippen LogP contribution is -2.35. The number of carbonyl (C=O) groups excluding carboxylic acids is 2. The van der Waals surface area contributed by atoms with E-state index in [1.165, 1.54) is 19.4 Å². The summed E-state index contributed by atoms with van der Waals surface area (Å²) in [7, 11) is 2.14. The second kappa shape index (κ2) is 8.67. The van der Waals surface area contributed by atoms with Gasteiger partial charge in [-0.05, 0) is 57.8 Å². The number of piperidine rings is 1. The first-order valence-electron chi connectivity index (χ1n) is 8.34. The first-order chi connectivity index (χ1) is 11.0. The molecular formula is C18H27N3O2. The Morgan fingerprint density at radius 1 is 1.22 bits per heavy atom. The highest BCUT2D eigenvalue weighted by Gasteiger charge is 2.17. The third-order valence-corrected chi connectivity index (χ3v) is 4.25. The SMILES string of the molecule is Cc1ccc(NC(=O)CC(=O)NCC[C@H]2CCCN(C)C2)cc1. The van der Waals surface area contributed by atoms with Crippen LogP contribution >= 0.6 is 0 Å². The van der Waals surface area contributed by atoms with E-state index in [0.717, 1.165) is 24.2 Å². The minimum Gasteiger partial charge on any atom is -0.356 e. The van der Waals surface area contributed by atoms with Crippen molar-refractivity contribution < 1.29 is 9.59 Å². The fourth-order valence-corrected chi connectivity index (χ4v) is 2.97. The molecule has 1 atom stereocenters. The van der Waals surface area contributed by atoms with Crippen molar-refractivity contribution in [2.45, 2.75) is 32.6 Å². The quantitative estimate of drug-likeness (QED) is 0.791. The largest absolute Gasteiger partial charge is 0.356 e. The second-order valence-electron chi connectivity index (χ2n) is 6.50. The van der Waals surface area contributed by atoms with E-state index in [-0.39, 0.29) is 18.2 Å². The zero-order valence-electron chi connectivity index (χ0n) is 14.1. The average molecular weight is 317 g/mol. The summed E-state index contributed by atoms with van der Waals surface area (Å²) in [4.78, 5) is 26.0. The molecule has 0 aliphatic carbocycles. The molecule has 1 aromatic carbocycles. The molecule has 1 aliphatic heterocycles. The van der Waals surface area contributed by atoms with Crippen molar-refractivity contribution in [3.63, 3.8) is 0 Å². The molecule has 5 heteroatoms. The third-order valence-electron chi connectivity index (χ3n) is 4.25. The Labute approximate surface area is 138 Å². The third kappa shape index (κ3) is 6.40. The zero-order valence-corrected chi connectivity index (χ0v) is 14.1. The van der Waals surface area contributed by atoms with Crippen molar-refractivity contribution in [1.82, 2.24) is 10.2 Å². The highest BCUT2D eigenvalue weighted by Crippen LogP contribution is 2.17. The predicted molar refractivity (Wildman–Crippen MR) is 92.3 cm³/mol. The van der Waals surface area contributed by atoms with Gasteiger partial charge in [0, 0.05) is 18.8 Å². The first kappa shape index (κ1) is 17.5. The summed E-state index contributed by atoms with van der Waals surface area (Å²) in [6, 6.07) is 7.53. The van der Waals surface area contributed by atoms with E-state index < -0.39 is 0 Å². The van der Waals surface area contributed by atoms with Crippen LogP contribution in [0.1, 0.15) is 31.2 Å². The summed E-state index contributed by atoms with van der Waals surface area (Å²) in [5.41, 5.74) is 1.85. The molecule has 1 saturated heterocycles. The van der Waals surface area contributed by atoms with Gasteiger partial charge in [-0.1, -0.05) is 17.7 Å². The molecule has 0 spiro atoms. The van der Waals surface area contributed by atoms with Gasteiger partial charge in [-0.25, -0.2) is 0 Å². The Morgan fingerprint density at radius 3 is 2.65 bits per heavy atom. The molecule has 1 heterocycles. The van der Waals surface area contributed by atoms with Gasteiger partial charge in [-0.15, -0.1) is 0 Å². The number of amides is 2. The van der Waals surface area contributed by atoms with Gasteiger partial charge in [0.15, 0.2) is 0 Å². The van der Waals surface area contributed by atoms with Crippen LogP contribution in [0.3, 0.4) is 0 Å². The molecule has 0 aromatic heterocycles. The van der Waals surface area contributed by atoms with Gasteiger partial charge >= 0.3 is 0 Å². The van der Waals surface area contributed by atoms with Crippen molar-refractivity contribution in [1.29, 1.82) is 0 Å². The fourth-order valence-electron chi connectivity index (χ4n) is 2.97. The molecule has 2 N–H and O–H groups in total. The van der Waals surface area contributed by atoms with E-state index in [2.05, 4.69) is 22.6 Å². The molecule has 0 bridgehead atoms. The van der Waals surface area contributed by atoms with Crippen LogP contribution in [0, 0.1) is 12.8 Å². The van der Waals surface area contributed by atoms with Crippen LogP contribution < -0.4 is 10.6 Å². The Kier molecular flexibility index (Phi) is 6.59. The molecule has 23 heavy (non-hydrogen) atoms. The number of nitrogens with one attached hydrogen (secondary N) is 2. The maximum Gasteiger partial charge on any atom is 0.233 e. The predicted octanol–water partition coefficient (Wildman–Crippen LogP) is 2.17. The summed E-state index contributed by atoms with van der Waals surface area (Å²) in [5, 5.41) is 5.59. The number of nitrogens with zero attached hydrogens (tertiary/aromatic N) is 1. The van der Waals surface area contributed by atoms with E-state index in [0.29, 0.717) is 12.5 Å². The van der Waals surface area contributed by atoms with Crippen LogP contribution in [0.4, 0.5) is 5.69 Å². The van der Waals surface area contributed by atoms with E-state index >= 15 is 0 Å². The highest BCUT2D eigenvalue weighted by molar-refractivity contribution is 6.03. The maximum atomic E-state index is 11.8. The molecular weight excluding hydrogens is 290 g/mol. The normalized spacial score (nSPS) is 18.4. The van der Waals surface area contributed by atoms with Gasteiger partial charge in [0.05, 0.1) is 0 Å². The first-order valence-corrected chi connectivity index (χ1v) is 8.34. The van der Waals surface area contributed by atoms with Crippen molar-refractivity contribution >= 4 is 17.5 Å². The standard InChI is InChI=1S/C18H27N3O2/c1-14-5-7-16(8-6-14)20-18(23)12-17(22)19-10-9-15-4-3-11-21(2)13-15/h5-8,15H,3-4,9-13H2,1-2H3,(H,19,22)(H,20,23)/t15-/m1/s1. The topological polar surface area (TPSA) is 61.4 Å². The molecule has 0 unspecified atom stereocenters. The Balaban J connectivity index is 1.64. The Morgan fingerprint density at radius 2 is 1.96 bits per heavy atom. The number of anilines is 1. The fraction of sp³-hybridized carbons (Fsp3) is 0.556. The lowest BCUT2D eigenvalue weighted by molar-refractivity contribution is -0.126. The van der Waals surface area contributed by atoms with E-state index in [9.17, 15) is 9.59 Å². The number of aryl methyl sites for hydroxylation is 1. The van der Waals surface area contributed by atoms with E-state index in [4.69, 9.17) is 0 Å². The number of likely N-dealkylation sites (tertiary alicyclic amines) is 1. The lowest BCUT2D eigenvalue weighted by atomic mass is 9.95. The smallest absolute Gasteiger partial charge is 0.233 e. The summed E-state index contributed by atoms with van der Waals surface area (Å²) in [6.45, 7) is 4.91. The van der Waals surface area contributed by atoms with Crippen molar-refractivity contribution in [3.05, 3.63) is 29.8 Å². The van der Waals surface area contributed by atoms with Crippen molar-refractivity contribution in [2.75, 3.05) is 32.0 Å². The Hall–Kier alpha value is -1.88. The van der Waals surface area contributed by atoms with Crippen LogP contribution in [-0.2, 0) is 9.59 Å². The molecule has 1 aromatic rings. The monoisotopic (exact) mass is 317 g/mol. The number of hydrogen-bond donors (Lipinski definition) is 2. The molecule has 0 saturated carbocycles. The molecule has 5 nitrogen and oxygen atoms in total. The maximum absolute atomic E-state index is 11.8. The number of hydrogen-bond acceptors (Lipinski definition) is 3. The summed E-state index contributed by atoms with van der Waals surface area (Å²) in [6.07, 6.45) is 3.32. The number of benzene rings is 1. The number of carbonyl (C=O) groups is 2. The summed E-state index contributed by atoms with van der Waals surface area (Å²) in [5.74, 6) is 0.165. The molecule has 1 aliphatic rings. The molecule has 1 fully saturated rings. The van der Waals surface area contributed by atoms with Crippen molar-refractivity contribution in [2.24, 2.45) is 5.92 Å². The minimum absolute atomic E-state index is 0.127. The van der Waals surface area contributed by atoms with Crippen LogP contribution in [0.25, 0.3) is 0 Å². The van der Waals surface area contributed by atoms with Gasteiger partial charge in [0.25, 0.3) is 0 Å². The number of rotatable bonds is 6. The molecule has 2 rings (SSSR count). The summed E-state index contributed by atoms with van der Waals surface area (Å²) >= 11 is 0. The lowest BCUT2D eigenvalue weighted by Gasteiger charge is -2.29. The average Bonchev–Trinajstić information content (AvgIpc) is 2.49. The van der Waals surface area contributed by atoms with E-state index in [1.807, 2.05) is 31.2 Å². The van der Waals surface area contributed by atoms with Crippen molar-refractivity contribution in [3.8, 4) is 0 Å². The Bertz CT molecular complexity index is 528. The summed E-state index contributed by atoms with van der Waals surface area (Å²) < 4.78 is 0. The second-order valence-corrected chi connectivity index (χ2v) is 6.50.